The molecule has 2 aromatic rings. The first-order valence-electron chi connectivity index (χ1n) is 10.7. The summed E-state index contributed by atoms with van der Waals surface area (Å²) in [6.07, 6.45) is 3.10. The molecule has 0 aliphatic carbocycles. The van der Waals surface area contributed by atoms with Crippen LogP contribution >= 0.6 is 24.0 Å². The van der Waals surface area contributed by atoms with Crippen molar-refractivity contribution in [3.8, 4) is 17.2 Å². The number of para-hydroxylation sites is 1. The van der Waals surface area contributed by atoms with Gasteiger partial charge in [0.1, 0.15) is 11.9 Å². The summed E-state index contributed by atoms with van der Waals surface area (Å²) < 4.78 is 16.8. The van der Waals surface area contributed by atoms with Gasteiger partial charge in [-0.15, -0.1) is 24.0 Å². The van der Waals surface area contributed by atoms with Crippen LogP contribution in [0.4, 0.5) is 0 Å². The molecule has 0 atom stereocenters. The standard InChI is InChI=1S/C24H33N3O3.HI/c1-4-25-24(26-15-12-19-10-11-22(28-2)23(18-19)29-3)27-16-13-21(14-17-27)30-20-8-6-5-7-9-20;/h5-11,18,21H,4,12-17H2,1-3H3,(H,25,26);1H. The number of halogens is 1. The molecule has 31 heavy (non-hydrogen) atoms. The average Bonchev–Trinajstić information content (AvgIpc) is 2.79. The molecule has 1 N–H and O–H groups in total. The van der Waals surface area contributed by atoms with E-state index in [2.05, 4.69) is 23.2 Å². The zero-order chi connectivity index (χ0) is 21.2. The zero-order valence-corrected chi connectivity index (χ0v) is 21.0. The third-order valence-corrected chi connectivity index (χ3v) is 5.23. The van der Waals surface area contributed by atoms with Gasteiger partial charge in [-0.25, -0.2) is 0 Å². The van der Waals surface area contributed by atoms with Crippen LogP contribution in [0.5, 0.6) is 17.2 Å². The van der Waals surface area contributed by atoms with E-state index in [1.807, 2.05) is 42.5 Å². The van der Waals surface area contributed by atoms with Gasteiger partial charge < -0.3 is 24.4 Å². The van der Waals surface area contributed by atoms with Gasteiger partial charge in [-0.05, 0) is 43.2 Å². The SMILES string of the molecule is CCNC(=NCCc1ccc(OC)c(OC)c1)N1CCC(Oc2ccccc2)CC1.I. The van der Waals surface area contributed by atoms with E-state index in [1.165, 1.54) is 5.56 Å². The summed E-state index contributed by atoms with van der Waals surface area (Å²) in [6, 6.07) is 16.1. The van der Waals surface area contributed by atoms with Gasteiger partial charge in [-0.2, -0.15) is 0 Å². The van der Waals surface area contributed by atoms with Crippen molar-refractivity contribution in [3.05, 3.63) is 54.1 Å². The van der Waals surface area contributed by atoms with E-state index < -0.39 is 0 Å². The summed E-state index contributed by atoms with van der Waals surface area (Å²) >= 11 is 0. The average molecular weight is 539 g/mol. The second-order valence-corrected chi connectivity index (χ2v) is 7.29. The highest BCUT2D eigenvalue weighted by Gasteiger charge is 2.22. The summed E-state index contributed by atoms with van der Waals surface area (Å²) in [4.78, 5) is 7.19. The molecule has 1 fully saturated rings. The second kappa shape index (κ2) is 13.3. The van der Waals surface area contributed by atoms with Crippen molar-refractivity contribution >= 4 is 29.9 Å². The fourth-order valence-electron chi connectivity index (χ4n) is 3.63. The van der Waals surface area contributed by atoms with Gasteiger partial charge in [-0.1, -0.05) is 24.3 Å². The van der Waals surface area contributed by atoms with E-state index in [4.69, 9.17) is 19.2 Å². The summed E-state index contributed by atoms with van der Waals surface area (Å²) in [7, 11) is 3.31. The highest BCUT2D eigenvalue weighted by Crippen LogP contribution is 2.27. The minimum atomic E-state index is 0. The second-order valence-electron chi connectivity index (χ2n) is 7.29. The van der Waals surface area contributed by atoms with Gasteiger partial charge in [0.05, 0.1) is 14.2 Å². The molecule has 1 heterocycles. The molecule has 0 saturated carbocycles. The van der Waals surface area contributed by atoms with Gasteiger partial charge in [-0.3, -0.25) is 4.99 Å². The van der Waals surface area contributed by atoms with Crippen LogP contribution in [-0.2, 0) is 6.42 Å². The van der Waals surface area contributed by atoms with Crippen LogP contribution in [0.25, 0.3) is 0 Å². The number of methoxy groups -OCH3 is 2. The van der Waals surface area contributed by atoms with Crippen LogP contribution in [-0.4, -0.2) is 57.4 Å². The Morgan fingerprint density at radius 1 is 1.03 bits per heavy atom. The number of piperidine rings is 1. The van der Waals surface area contributed by atoms with Crippen molar-refractivity contribution in [3.63, 3.8) is 0 Å². The van der Waals surface area contributed by atoms with Crippen LogP contribution in [0.1, 0.15) is 25.3 Å². The van der Waals surface area contributed by atoms with E-state index >= 15 is 0 Å². The molecule has 2 aromatic carbocycles. The molecule has 3 rings (SSSR count). The third-order valence-electron chi connectivity index (χ3n) is 5.23. The first-order chi connectivity index (χ1) is 14.7. The molecule has 0 aromatic heterocycles. The summed E-state index contributed by atoms with van der Waals surface area (Å²) in [5.74, 6) is 3.44. The molecule has 0 unspecified atom stereocenters. The van der Waals surface area contributed by atoms with Crippen LogP contribution in [0, 0.1) is 0 Å². The van der Waals surface area contributed by atoms with E-state index in [1.54, 1.807) is 14.2 Å². The fourth-order valence-corrected chi connectivity index (χ4v) is 3.63. The smallest absolute Gasteiger partial charge is 0.193 e. The van der Waals surface area contributed by atoms with Crippen LogP contribution < -0.4 is 19.5 Å². The Kier molecular flexibility index (Phi) is 10.8. The Balaban J connectivity index is 0.00000341. The molecular weight excluding hydrogens is 505 g/mol. The van der Waals surface area contributed by atoms with E-state index in [-0.39, 0.29) is 30.1 Å². The van der Waals surface area contributed by atoms with Crippen LogP contribution in [0.2, 0.25) is 0 Å². The first-order valence-corrected chi connectivity index (χ1v) is 10.7. The highest BCUT2D eigenvalue weighted by atomic mass is 127. The number of rotatable bonds is 8. The normalized spacial score (nSPS) is 14.5. The molecule has 170 valence electrons. The highest BCUT2D eigenvalue weighted by molar-refractivity contribution is 14.0. The Morgan fingerprint density at radius 2 is 1.74 bits per heavy atom. The quantitative estimate of drug-likeness (QED) is 0.307. The van der Waals surface area contributed by atoms with Crippen molar-refractivity contribution < 1.29 is 14.2 Å². The zero-order valence-electron chi connectivity index (χ0n) is 18.7. The minimum Gasteiger partial charge on any atom is -0.493 e. The Labute approximate surface area is 203 Å². The van der Waals surface area contributed by atoms with Gasteiger partial charge in [0.15, 0.2) is 17.5 Å². The number of benzene rings is 2. The van der Waals surface area contributed by atoms with E-state index in [0.29, 0.717) is 0 Å². The number of aliphatic imine (C=N–C) groups is 1. The van der Waals surface area contributed by atoms with Crippen molar-refractivity contribution in [2.24, 2.45) is 4.99 Å². The van der Waals surface area contributed by atoms with Crippen molar-refractivity contribution in [2.75, 3.05) is 40.4 Å². The van der Waals surface area contributed by atoms with Crippen molar-refractivity contribution in [2.45, 2.75) is 32.3 Å². The number of nitrogens with zero attached hydrogens (tertiary/aromatic N) is 2. The lowest BCUT2D eigenvalue weighted by molar-refractivity contribution is 0.129. The maximum Gasteiger partial charge on any atom is 0.193 e. The molecule has 1 aliphatic heterocycles. The number of hydrogen-bond acceptors (Lipinski definition) is 4. The van der Waals surface area contributed by atoms with Gasteiger partial charge in [0, 0.05) is 39.0 Å². The van der Waals surface area contributed by atoms with E-state index in [0.717, 1.165) is 68.6 Å². The number of ether oxygens (including phenoxy) is 3. The van der Waals surface area contributed by atoms with Crippen molar-refractivity contribution in [1.82, 2.24) is 10.2 Å². The van der Waals surface area contributed by atoms with Crippen LogP contribution in [0.15, 0.2) is 53.5 Å². The number of likely N-dealkylation sites (tertiary alicyclic amines) is 1. The summed E-state index contributed by atoms with van der Waals surface area (Å²) in [5.41, 5.74) is 1.18. The maximum absolute atomic E-state index is 6.11. The summed E-state index contributed by atoms with van der Waals surface area (Å²) in [5, 5.41) is 3.43. The lowest BCUT2D eigenvalue weighted by Crippen LogP contribution is -2.47. The molecule has 0 radical (unpaired) electrons. The molecule has 0 amide bonds. The Hall–Kier alpha value is -2.16. The minimum absolute atomic E-state index is 0. The molecule has 1 aliphatic rings. The number of hydrogen-bond donors (Lipinski definition) is 1. The molecule has 7 heteroatoms. The number of nitrogens with one attached hydrogen (secondary N) is 1. The molecular formula is C24H34IN3O3. The molecule has 0 bridgehead atoms. The maximum atomic E-state index is 6.11. The predicted molar refractivity (Wildman–Crippen MR) is 136 cm³/mol. The third kappa shape index (κ3) is 7.48. The van der Waals surface area contributed by atoms with Crippen LogP contribution in [0.3, 0.4) is 0 Å². The lowest BCUT2D eigenvalue weighted by atomic mass is 10.1. The summed E-state index contributed by atoms with van der Waals surface area (Å²) in [6.45, 7) is 5.57. The molecule has 0 spiro atoms. The molecule has 1 saturated heterocycles. The monoisotopic (exact) mass is 539 g/mol. The van der Waals surface area contributed by atoms with Crippen molar-refractivity contribution in [1.29, 1.82) is 0 Å². The topological polar surface area (TPSA) is 55.3 Å². The van der Waals surface area contributed by atoms with E-state index in [9.17, 15) is 0 Å². The molecule has 6 nitrogen and oxygen atoms in total. The van der Waals surface area contributed by atoms with Gasteiger partial charge in [0.25, 0.3) is 0 Å². The fraction of sp³-hybridized carbons (Fsp3) is 0.458. The van der Waals surface area contributed by atoms with Gasteiger partial charge in [0.2, 0.25) is 0 Å². The first kappa shape index (κ1) is 25.1. The Bertz CT molecular complexity index is 809. The van der Waals surface area contributed by atoms with Gasteiger partial charge >= 0.3 is 0 Å². The Morgan fingerprint density at radius 3 is 2.39 bits per heavy atom. The predicted octanol–water partition coefficient (Wildman–Crippen LogP) is 4.37. The lowest BCUT2D eigenvalue weighted by Gasteiger charge is -2.34. The largest absolute Gasteiger partial charge is 0.493 e. The number of guanidine groups is 1.